The summed E-state index contributed by atoms with van der Waals surface area (Å²) in [4.78, 5) is 35.7. The smallest absolute Gasteiger partial charge is 0.329 e. The zero-order valence-corrected chi connectivity index (χ0v) is 15.8. The molecule has 27 heavy (non-hydrogen) atoms. The summed E-state index contributed by atoms with van der Waals surface area (Å²) in [6, 6.07) is 5.24. The lowest BCUT2D eigenvalue weighted by atomic mass is 10.2. The van der Waals surface area contributed by atoms with Crippen molar-refractivity contribution in [1.29, 1.82) is 0 Å². The van der Waals surface area contributed by atoms with E-state index in [1.165, 1.54) is 37.3 Å². The normalized spacial score (nSPS) is 11.4. The van der Waals surface area contributed by atoms with Gasteiger partial charge in [-0.1, -0.05) is 34.5 Å². The van der Waals surface area contributed by atoms with E-state index in [4.69, 9.17) is 23.2 Å². The number of halogens is 2. The molecular formula is C16H9Cl2N3O5S. The van der Waals surface area contributed by atoms with Crippen LogP contribution in [0.4, 0.5) is 5.00 Å². The van der Waals surface area contributed by atoms with Crippen molar-refractivity contribution in [3.63, 3.8) is 0 Å². The molecule has 0 aliphatic heterocycles. The van der Waals surface area contributed by atoms with Gasteiger partial charge in [-0.05, 0) is 31.2 Å². The molecule has 0 amide bonds. The molecule has 0 saturated carbocycles. The van der Waals surface area contributed by atoms with Crippen molar-refractivity contribution in [3.8, 4) is 0 Å². The molecule has 0 atom stereocenters. The Morgan fingerprint density at radius 2 is 1.96 bits per heavy atom. The Kier molecular flexibility index (Phi) is 5.01. The summed E-state index contributed by atoms with van der Waals surface area (Å²) in [6.07, 6.45) is 2.42. The predicted octanol–water partition coefficient (Wildman–Crippen LogP) is 4.38. The maximum Gasteiger partial charge on any atom is 0.329 e. The maximum atomic E-state index is 12.6. The molecule has 11 heteroatoms. The number of hydrogen-bond donors (Lipinski definition) is 0. The number of benzene rings is 1. The lowest BCUT2D eigenvalue weighted by Gasteiger charge is -2.16. The molecule has 0 aliphatic carbocycles. The third-order valence-electron chi connectivity index (χ3n) is 3.73. The Hall–Kier alpha value is -2.75. The fourth-order valence-electron chi connectivity index (χ4n) is 2.44. The summed E-state index contributed by atoms with van der Waals surface area (Å²) < 4.78 is 0.758. The van der Waals surface area contributed by atoms with Gasteiger partial charge in [0.15, 0.2) is 0 Å². The Labute approximate surface area is 165 Å². The van der Waals surface area contributed by atoms with Gasteiger partial charge in [0, 0.05) is 21.9 Å². The topological polar surface area (TPSA) is 111 Å². The number of nitro groups is 1. The predicted molar refractivity (Wildman–Crippen MR) is 103 cm³/mol. The van der Waals surface area contributed by atoms with Gasteiger partial charge in [0.05, 0.1) is 25.1 Å². The van der Waals surface area contributed by atoms with Crippen molar-refractivity contribution >= 4 is 62.4 Å². The van der Waals surface area contributed by atoms with Crippen LogP contribution in [0.5, 0.6) is 0 Å². The highest BCUT2D eigenvalue weighted by Crippen LogP contribution is 2.27. The molecule has 0 fully saturated rings. The Balaban J connectivity index is 2.08. The zero-order valence-electron chi connectivity index (χ0n) is 13.5. The summed E-state index contributed by atoms with van der Waals surface area (Å²) in [5, 5.41) is 23.2. The van der Waals surface area contributed by atoms with Gasteiger partial charge in [0.25, 0.3) is 11.3 Å². The third kappa shape index (κ3) is 3.44. The van der Waals surface area contributed by atoms with E-state index in [1.807, 2.05) is 0 Å². The highest BCUT2D eigenvalue weighted by Gasteiger charge is 2.26. The van der Waals surface area contributed by atoms with Crippen LogP contribution in [0.2, 0.25) is 10.0 Å². The van der Waals surface area contributed by atoms with Gasteiger partial charge < -0.3 is 9.94 Å². The van der Waals surface area contributed by atoms with E-state index in [-0.39, 0.29) is 37.5 Å². The summed E-state index contributed by atoms with van der Waals surface area (Å²) in [7, 11) is 0. The number of thiophene rings is 1. The fraction of sp³-hybridized carbons (Fsp3) is 0.0625. The minimum atomic E-state index is -0.726. The molecule has 2 aromatic heterocycles. The van der Waals surface area contributed by atoms with E-state index in [0.29, 0.717) is 14.0 Å². The van der Waals surface area contributed by atoms with Crippen molar-refractivity contribution < 1.29 is 14.1 Å². The second-order valence-electron chi connectivity index (χ2n) is 5.41. The summed E-state index contributed by atoms with van der Waals surface area (Å²) in [5.74, 6) is -0.726. The van der Waals surface area contributed by atoms with Crippen LogP contribution in [0.15, 0.2) is 30.3 Å². The molecule has 0 unspecified atom stereocenters. The largest absolute Gasteiger partial charge is 0.805 e. The quantitative estimate of drug-likeness (QED) is 0.202. The van der Waals surface area contributed by atoms with Crippen molar-refractivity contribution in [1.82, 2.24) is 4.73 Å². The lowest BCUT2D eigenvalue weighted by molar-refractivity contribution is -0.468. The molecule has 1 aromatic carbocycles. The van der Waals surface area contributed by atoms with E-state index in [1.54, 1.807) is 0 Å². The van der Waals surface area contributed by atoms with E-state index in [2.05, 4.69) is 0 Å². The first-order chi connectivity index (χ1) is 12.7. The summed E-state index contributed by atoms with van der Waals surface area (Å²) in [5.41, 5.74) is -0.610. The van der Waals surface area contributed by atoms with Crippen LogP contribution in [0.1, 0.15) is 21.1 Å². The van der Waals surface area contributed by atoms with Gasteiger partial charge in [0.2, 0.25) is 0 Å². The molecule has 2 heterocycles. The standard InChI is InChI=1S/C16H9Cl2N3O5S/c1-8-16(14(22)4-2-9-3-5-15(27-9)21(25)26)20(24)13-7-11(18)10(17)6-12(13)19(8)23/h2-7H,1H3/b4-2+. The lowest BCUT2D eigenvalue weighted by Crippen LogP contribution is -2.29. The molecule has 0 bridgehead atoms. The molecule has 0 N–H and O–H groups in total. The van der Waals surface area contributed by atoms with Crippen LogP contribution in [-0.4, -0.2) is 15.4 Å². The minimum Gasteiger partial charge on any atom is -0.805 e. The second kappa shape index (κ2) is 7.10. The molecule has 0 radical (unpaired) electrons. The Morgan fingerprint density at radius 1 is 1.30 bits per heavy atom. The molecule has 0 spiro atoms. The Bertz CT molecular complexity index is 1200. The first-order valence-corrected chi connectivity index (χ1v) is 8.89. The number of carbonyl (C=O) groups excluding carboxylic acids is 1. The number of allylic oxidation sites excluding steroid dienone is 1. The summed E-state index contributed by atoms with van der Waals surface area (Å²) in [6.45, 7) is 1.33. The van der Waals surface area contributed by atoms with E-state index < -0.39 is 10.7 Å². The third-order valence-corrected chi connectivity index (χ3v) is 5.45. The van der Waals surface area contributed by atoms with Crippen LogP contribution < -0.4 is 4.43 Å². The number of hydrogen-bond acceptors (Lipinski definition) is 6. The van der Waals surface area contributed by atoms with Crippen molar-refractivity contribution in [3.05, 3.63) is 76.9 Å². The van der Waals surface area contributed by atoms with Crippen LogP contribution in [0, 0.1) is 27.2 Å². The van der Waals surface area contributed by atoms with Gasteiger partial charge in [-0.15, -0.1) is 0 Å². The highest BCUT2D eigenvalue weighted by atomic mass is 35.5. The van der Waals surface area contributed by atoms with Crippen molar-refractivity contribution in [2.45, 2.75) is 6.92 Å². The molecule has 3 rings (SSSR count). The van der Waals surface area contributed by atoms with E-state index >= 15 is 0 Å². The highest BCUT2D eigenvalue weighted by molar-refractivity contribution is 7.16. The molecule has 3 aromatic rings. The number of carbonyl (C=O) groups is 1. The van der Waals surface area contributed by atoms with Gasteiger partial charge >= 0.3 is 10.7 Å². The van der Waals surface area contributed by atoms with E-state index in [9.17, 15) is 25.0 Å². The number of aromatic nitrogens is 2. The fourth-order valence-corrected chi connectivity index (χ4v) is 3.48. The summed E-state index contributed by atoms with van der Waals surface area (Å²) >= 11 is 12.7. The van der Waals surface area contributed by atoms with Gasteiger partial charge in [-0.25, -0.2) is 0 Å². The van der Waals surface area contributed by atoms with Crippen LogP contribution in [0.3, 0.4) is 0 Å². The number of ketones is 1. The number of fused-ring (bicyclic) bond motifs is 1. The maximum absolute atomic E-state index is 12.6. The monoisotopic (exact) mass is 425 g/mol. The molecule has 138 valence electrons. The van der Waals surface area contributed by atoms with E-state index in [0.717, 1.165) is 17.4 Å². The van der Waals surface area contributed by atoms with Gasteiger partial charge in [-0.3, -0.25) is 14.9 Å². The Morgan fingerprint density at radius 3 is 2.59 bits per heavy atom. The van der Waals surface area contributed by atoms with Gasteiger partial charge in [0.1, 0.15) is 5.52 Å². The molecule has 0 saturated heterocycles. The SMILES string of the molecule is Cc1c(C(=O)/C=C/c2ccc([N+](=O)[O-])s2)[n+](=O)c2cc(Cl)c(Cl)cc2n1[O-]. The van der Waals surface area contributed by atoms with Crippen molar-refractivity contribution in [2.75, 3.05) is 0 Å². The van der Waals surface area contributed by atoms with Gasteiger partial charge in [-0.2, -0.15) is 0 Å². The second-order valence-corrected chi connectivity index (χ2v) is 7.32. The number of nitrogens with zero attached hydrogens (tertiary/aromatic N) is 3. The zero-order chi connectivity index (χ0) is 19.9. The first kappa shape index (κ1) is 19.0. The first-order valence-electron chi connectivity index (χ1n) is 7.31. The minimum absolute atomic E-state index is 0.0219. The molecule has 8 nitrogen and oxygen atoms in total. The average molecular weight is 426 g/mol. The van der Waals surface area contributed by atoms with Crippen LogP contribution >= 0.6 is 34.5 Å². The van der Waals surface area contributed by atoms with Crippen LogP contribution in [0.25, 0.3) is 17.1 Å². The van der Waals surface area contributed by atoms with Crippen LogP contribution in [-0.2, 0) is 0 Å². The molecule has 0 aliphatic rings. The average Bonchev–Trinajstić information content (AvgIpc) is 3.09. The van der Waals surface area contributed by atoms with Crippen molar-refractivity contribution in [2.24, 2.45) is 0 Å². The number of rotatable bonds is 4. The molecular weight excluding hydrogens is 417 g/mol.